The standard InChI is InChI=1S/C19H27F3N6.HI/c1-4-17-27-26-13-28(17)9-8-23-18(24-11-14(2)3)25-12-15-6-5-7-16(10-15)19(20,21)22;/h5-7,10,13-14H,4,8-9,11-12H2,1-3H3,(H2,23,24,25);1H. The predicted molar refractivity (Wildman–Crippen MR) is 118 cm³/mol. The molecule has 2 rings (SSSR count). The summed E-state index contributed by atoms with van der Waals surface area (Å²) in [6, 6.07) is 5.24. The van der Waals surface area contributed by atoms with Gasteiger partial charge in [0.15, 0.2) is 5.96 Å². The van der Waals surface area contributed by atoms with E-state index in [1.165, 1.54) is 6.07 Å². The Morgan fingerprint density at radius 1 is 1.24 bits per heavy atom. The Morgan fingerprint density at radius 2 is 2.00 bits per heavy atom. The average Bonchev–Trinajstić information content (AvgIpc) is 3.10. The van der Waals surface area contributed by atoms with Crippen LogP contribution in [0, 0.1) is 5.92 Å². The molecule has 0 amide bonds. The fraction of sp³-hybridized carbons (Fsp3) is 0.526. The van der Waals surface area contributed by atoms with Crippen LogP contribution in [0.1, 0.15) is 37.7 Å². The number of aryl methyl sites for hydroxylation is 1. The van der Waals surface area contributed by atoms with E-state index in [2.05, 4.69) is 39.7 Å². The smallest absolute Gasteiger partial charge is 0.356 e. The first kappa shape index (κ1) is 25.2. The fourth-order valence-corrected chi connectivity index (χ4v) is 2.53. The number of alkyl halides is 3. The van der Waals surface area contributed by atoms with Gasteiger partial charge in [0.05, 0.1) is 12.1 Å². The summed E-state index contributed by atoms with van der Waals surface area (Å²) in [5, 5.41) is 14.4. The molecule has 0 aliphatic carbocycles. The first-order valence-electron chi connectivity index (χ1n) is 9.34. The van der Waals surface area contributed by atoms with Gasteiger partial charge in [-0.1, -0.05) is 32.9 Å². The predicted octanol–water partition coefficient (Wildman–Crippen LogP) is 3.87. The van der Waals surface area contributed by atoms with Gasteiger partial charge in [-0.3, -0.25) is 0 Å². The number of aliphatic imine (C=N–C) groups is 1. The van der Waals surface area contributed by atoms with Crippen LogP contribution < -0.4 is 10.6 Å². The molecule has 0 atom stereocenters. The number of aromatic nitrogens is 3. The molecule has 10 heteroatoms. The zero-order valence-corrected chi connectivity index (χ0v) is 19.2. The van der Waals surface area contributed by atoms with Crippen molar-refractivity contribution in [2.24, 2.45) is 10.9 Å². The monoisotopic (exact) mass is 524 g/mol. The van der Waals surface area contributed by atoms with Gasteiger partial charge < -0.3 is 15.2 Å². The lowest BCUT2D eigenvalue weighted by atomic mass is 10.1. The SMILES string of the molecule is CCc1nncn1CCNC(=NCc1cccc(C(F)(F)F)c1)NCC(C)C.I. The third-order valence-corrected chi connectivity index (χ3v) is 4.01. The minimum Gasteiger partial charge on any atom is -0.356 e. The fourth-order valence-electron chi connectivity index (χ4n) is 2.53. The van der Waals surface area contributed by atoms with Crippen molar-refractivity contribution in [1.82, 2.24) is 25.4 Å². The van der Waals surface area contributed by atoms with E-state index in [4.69, 9.17) is 0 Å². The second-order valence-electron chi connectivity index (χ2n) is 6.86. The van der Waals surface area contributed by atoms with Gasteiger partial charge in [0, 0.05) is 26.1 Å². The van der Waals surface area contributed by atoms with E-state index in [0.29, 0.717) is 37.1 Å². The number of nitrogens with zero attached hydrogens (tertiary/aromatic N) is 4. The summed E-state index contributed by atoms with van der Waals surface area (Å²) in [5.74, 6) is 1.88. The average molecular weight is 524 g/mol. The van der Waals surface area contributed by atoms with Crippen LogP contribution in [-0.2, 0) is 25.7 Å². The maximum Gasteiger partial charge on any atom is 0.416 e. The second-order valence-corrected chi connectivity index (χ2v) is 6.86. The summed E-state index contributed by atoms with van der Waals surface area (Å²) < 4.78 is 40.6. The number of halogens is 4. The van der Waals surface area contributed by atoms with Crippen molar-refractivity contribution in [1.29, 1.82) is 0 Å². The highest BCUT2D eigenvalue weighted by Gasteiger charge is 2.30. The van der Waals surface area contributed by atoms with Crippen LogP contribution in [0.2, 0.25) is 0 Å². The van der Waals surface area contributed by atoms with Crippen molar-refractivity contribution >= 4 is 29.9 Å². The third kappa shape index (κ3) is 8.58. The molecule has 1 aromatic heterocycles. The Kier molecular flexibility index (Phi) is 10.4. The van der Waals surface area contributed by atoms with Crippen LogP contribution in [-0.4, -0.2) is 33.8 Å². The Balaban J connectivity index is 0.00000420. The molecule has 0 fully saturated rings. The molecule has 0 radical (unpaired) electrons. The Bertz CT molecular complexity index is 773. The van der Waals surface area contributed by atoms with Crippen molar-refractivity contribution in [3.63, 3.8) is 0 Å². The molecule has 162 valence electrons. The molecular weight excluding hydrogens is 496 g/mol. The van der Waals surface area contributed by atoms with Crippen molar-refractivity contribution in [3.8, 4) is 0 Å². The molecule has 0 aliphatic rings. The molecule has 0 unspecified atom stereocenters. The maximum absolute atomic E-state index is 12.9. The quantitative estimate of drug-likeness (QED) is 0.313. The zero-order valence-electron chi connectivity index (χ0n) is 16.8. The van der Waals surface area contributed by atoms with Crippen LogP contribution in [0.4, 0.5) is 13.2 Å². The number of hydrogen-bond donors (Lipinski definition) is 2. The van der Waals surface area contributed by atoms with E-state index in [-0.39, 0.29) is 30.5 Å². The molecular formula is C19H28F3IN6. The summed E-state index contributed by atoms with van der Waals surface area (Å²) in [5.41, 5.74) is -0.155. The largest absolute Gasteiger partial charge is 0.416 e. The summed E-state index contributed by atoms with van der Waals surface area (Å²) in [6.07, 6.45) is -1.88. The van der Waals surface area contributed by atoms with Gasteiger partial charge in [0.1, 0.15) is 12.2 Å². The Hall–Kier alpha value is -1.85. The van der Waals surface area contributed by atoms with Crippen LogP contribution in [0.3, 0.4) is 0 Å². The van der Waals surface area contributed by atoms with Crippen LogP contribution in [0.15, 0.2) is 35.6 Å². The summed E-state index contributed by atoms with van der Waals surface area (Å²) in [4.78, 5) is 4.44. The molecule has 0 bridgehead atoms. The summed E-state index contributed by atoms with van der Waals surface area (Å²) in [6.45, 7) is 8.29. The molecule has 0 saturated carbocycles. The lowest BCUT2D eigenvalue weighted by Gasteiger charge is -2.15. The second kappa shape index (κ2) is 12.0. The first-order chi connectivity index (χ1) is 13.3. The van der Waals surface area contributed by atoms with Gasteiger partial charge >= 0.3 is 6.18 Å². The van der Waals surface area contributed by atoms with Gasteiger partial charge in [-0.25, -0.2) is 4.99 Å². The van der Waals surface area contributed by atoms with E-state index in [9.17, 15) is 13.2 Å². The molecule has 2 N–H and O–H groups in total. The molecule has 2 aromatic rings. The minimum atomic E-state index is -4.35. The highest BCUT2D eigenvalue weighted by atomic mass is 127. The molecule has 0 aliphatic heterocycles. The van der Waals surface area contributed by atoms with E-state index in [0.717, 1.165) is 24.4 Å². The minimum absolute atomic E-state index is 0. The van der Waals surface area contributed by atoms with E-state index >= 15 is 0 Å². The highest BCUT2D eigenvalue weighted by Crippen LogP contribution is 2.29. The molecule has 6 nitrogen and oxygen atoms in total. The van der Waals surface area contributed by atoms with Gasteiger partial charge in [-0.2, -0.15) is 13.2 Å². The lowest BCUT2D eigenvalue weighted by molar-refractivity contribution is -0.137. The van der Waals surface area contributed by atoms with Crippen molar-refractivity contribution < 1.29 is 13.2 Å². The van der Waals surface area contributed by atoms with Crippen LogP contribution >= 0.6 is 24.0 Å². The Morgan fingerprint density at radius 3 is 2.66 bits per heavy atom. The molecule has 0 spiro atoms. The van der Waals surface area contributed by atoms with Gasteiger partial charge in [0.2, 0.25) is 0 Å². The molecule has 0 saturated heterocycles. The van der Waals surface area contributed by atoms with Gasteiger partial charge in [0.25, 0.3) is 0 Å². The van der Waals surface area contributed by atoms with Crippen LogP contribution in [0.25, 0.3) is 0 Å². The normalized spacial score (nSPS) is 12.0. The number of guanidine groups is 1. The number of hydrogen-bond acceptors (Lipinski definition) is 3. The third-order valence-electron chi connectivity index (χ3n) is 4.01. The summed E-state index contributed by atoms with van der Waals surface area (Å²) >= 11 is 0. The Labute approximate surface area is 186 Å². The first-order valence-corrected chi connectivity index (χ1v) is 9.34. The van der Waals surface area contributed by atoms with Gasteiger partial charge in [-0.05, 0) is 23.6 Å². The van der Waals surface area contributed by atoms with Crippen molar-refractivity contribution in [3.05, 3.63) is 47.5 Å². The molecule has 29 heavy (non-hydrogen) atoms. The highest BCUT2D eigenvalue weighted by molar-refractivity contribution is 14.0. The van der Waals surface area contributed by atoms with E-state index < -0.39 is 11.7 Å². The van der Waals surface area contributed by atoms with Crippen LogP contribution in [0.5, 0.6) is 0 Å². The van der Waals surface area contributed by atoms with Crippen molar-refractivity contribution in [2.45, 2.75) is 46.5 Å². The van der Waals surface area contributed by atoms with Crippen molar-refractivity contribution in [2.75, 3.05) is 13.1 Å². The number of benzene rings is 1. The lowest BCUT2D eigenvalue weighted by Crippen LogP contribution is -2.40. The summed E-state index contributed by atoms with van der Waals surface area (Å²) in [7, 11) is 0. The van der Waals surface area contributed by atoms with Gasteiger partial charge in [-0.15, -0.1) is 34.2 Å². The van der Waals surface area contributed by atoms with E-state index in [1.807, 2.05) is 11.5 Å². The topological polar surface area (TPSA) is 67.1 Å². The molecule has 1 aromatic carbocycles. The maximum atomic E-state index is 12.9. The number of rotatable bonds is 8. The molecule has 1 heterocycles. The zero-order chi connectivity index (χ0) is 20.6. The number of nitrogens with one attached hydrogen (secondary N) is 2. The van der Waals surface area contributed by atoms with E-state index in [1.54, 1.807) is 12.4 Å².